The lowest BCUT2D eigenvalue weighted by atomic mass is 9.96. The van der Waals surface area contributed by atoms with Gasteiger partial charge in [0, 0.05) is 66.2 Å². The Bertz CT molecular complexity index is 6250. The number of rotatable bonds is 11. The smallest absolute Gasteiger partial charge is 0.227 e. The number of oxazole rings is 2. The molecule has 0 atom stereocenters. The highest BCUT2D eigenvalue weighted by Gasteiger charge is 2.22. The third-order valence-corrected chi connectivity index (χ3v) is 19.2. The summed E-state index contributed by atoms with van der Waals surface area (Å²) in [5, 5.41) is 15.8. The fourth-order valence-electron chi connectivity index (χ4n) is 14.5. The van der Waals surface area contributed by atoms with Gasteiger partial charge in [-0.15, -0.1) is 0 Å². The van der Waals surface area contributed by atoms with E-state index in [1.54, 1.807) is 0 Å². The summed E-state index contributed by atoms with van der Waals surface area (Å²) in [6.07, 6.45) is 0. The average Bonchev–Trinajstić information content (AvgIpc) is 1.53. The fraction of sp³-hybridized carbons (Fsp3) is 0. The van der Waals surface area contributed by atoms with Gasteiger partial charge in [-0.1, -0.05) is 237 Å². The quantitative estimate of drug-likeness (QED) is 0.120. The van der Waals surface area contributed by atoms with Crippen LogP contribution < -0.4 is 9.80 Å². The van der Waals surface area contributed by atoms with E-state index in [9.17, 15) is 0 Å². The molecule has 0 spiro atoms. The molecule has 6 heteroatoms. The van der Waals surface area contributed by atoms with Crippen LogP contribution in [0.5, 0.6) is 0 Å². The lowest BCUT2D eigenvalue weighted by molar-refractivity contribution is 0.622. The van der Waals surface area contributed by atoms with Crippen molar-refractivity contribution in [2.24, 2.45) is 0 Å². The van der Waals surface area contributed by atoms with Crippen LogP contribution in [0.1, 0.15) is 0 Å². The zero-order valence-corrected chi connectivity index (χ0v) is 51.9. The molecule has 0 aliphatic rings. The monoisotopic (exact) mass is 1220 g/mol. The molecule has 0 radical (unpaired) electrons. The molecule has 0 saturated carbocycles. The van der Waals surface area contributed by atoms with E-state index >= 15 is 0 Å². The van der Waals surface area contributed by atoms with Crippen molar-refractivity contribution in [3.05, 3.63) is 340 Å². The Labute approximate surface area is 553 Å². The van der Waals surface area contributed by atoms with Gasteiger partial charge in [0.1, 0.15) is 11.0 Å². The Kier molecular flexibility index (Phi) is 12.8. The fourth-order valence-corrected chi connectivity index (χ4v) is 14.5. The molecule has 6 nitrogen and oxygen atoms in total. The summed E-state index contributed by atoms with van der Waals surface area (Å²) in [5.74, 6) is 1.22. The molecule has 0 aliphatic heterocycles. The van der Waals surface area contributed by atoms with Gasteiger partial charge in [0.25, 0.3) is 0 Å². The largest absolute Gasteiger partial charge is 0.435 e. The van der Waals surface area contributed by atoms with Gasteiger partial charge in [0.2, 0.25) is 11.8 Å². The SMILES string of the molecule is c1ccc(-c2nc3c4ccc(-c5ccc(N(c6ccc7cc(-c8ccc(-c9nc%10c%11ccc(-c%12ccc(N(c%13ccccc%13)c%13cccc%14ccccc%13%14)cc%12)cc%11c%11ccccc%11c%10o9)cc8)ccc7c6)c6cccc7ccccc67)cc5)cc4c4ccccc4c3o2)cc1. The second kappa shape index (κ2) is 22.4. The second-order valence-electron chi connectivity index (χ2n) is 24.8. The molecule has 19 rings (SSSR count). The van der Waals surface area contributed by atoms with E-state index in [0.29, 0.717) is 11.8 Å². The summed E-state index contributed by atoms with van der Waals surface area (Å²) in [5.41, 5.74) is 18.5. The number of fused-ring (bicyclic) bond motifs is 15. The minimum atomic E-state index is 0.592. The maximum absolute atomic E-state index is 6.80. The van der Waals surface area contributed by atoms with Gasteiger partial charge in [0.15, 0.2) is 11.2 Å². The zero-order valence-electron chi connectivity index (χ0n) is 51.9. The standard InChI is InChI=1S/C90H56N4O2/c1-3-19-62(20-4-1)89-91-85-77-51-44-68(56-81(77)75-27-11-13-29-79(75)87(85)95-89)59-41-48-71(49-42-59)94(84-32-16-22-61-18-8-10-26-74(61)84)72-50-43-65-53-64(37-38-66(65)54-72)57-33-35-63(36-34-57)90-92-86-78-52-45-67(55-82(78)76-28-12-14-30-80(76)88(86)96-90)58-39-46-70(47-40-58)93(69-23-5-2-6-24-69)83-31-15-21-60-17-7-9-25-73(60)83/h1-56H. The molecule has 448 valence electrons. The lowest BCUT2D eigenvalue weighted by Gasteiger charge is -2.27. The van der Waals surface area contributed by atoms with Crippen LogP contribution in [0, 0.1) is 0 Å². The van der Waals surface area contributed by atoms with Crippen molar-refractivity contribution in [3.8, 4) is 56.3 Å². The van der Waals surface area contributed by atoms with Crippen molar-refractivity contribution in [3.63, 3.8) is 0 Å². The van der Waals surface area contributed by atoms with E-state index in [-0.39, 0.29) is 0 Å². The third-order valence-electron chi connectivity index (χ3n) is 19.2. The topological polar surface area (TPSA) is 58.5 Å². The Morgan fingerprint density at radius 3 is 1.08 bits per heavy atom. The predicted octanol–water partition coefficient (Wildman–Crippen LogP) is 25.3. The first-order chi connectivity index (χ1) is 47.6. The van der Waals surface area contributed by atoms with E-state index in [1.165, 1.54) is 21.5 Å². The van der Waals surface area contributed by atoms with Gasteiger partial charge in [-0.2, -0.15) is 0 Å². The number of aromatic nitrogens is 2. The van der Waals surface area contributed by atoms with Gasteiger partial charge in [-0.25, -0.2) is 9.97 Å². The van der Waals surface area contributed by atoms with Crippen molar-refractivity contribution in [1.29, 1.82) is 0 Å². The number of hydrogen-bond donors (Lipinski definition) is 0. The van der Waals surface area contributed by atoms with Crippen LogP contribution in [-0.2, 0) is 0 Å². The summed E-state index contributed by atoms with van der Waals surface area (Å²) in [6, 6.07) is 122. The normalized spacial score (nSPS) is 11.8. The Balaban J connectivity index is 0.619. The molecule has 0 unspecified atom stereocenters. The highest BCUT2D eigenvalue weighted by Crippen LogP contribution is 2.46. The van der Waals surface area contributed by atoms with E-state index in [1.807, 2.05) is 30.3 Å². The van der Waals surface area contributed by atoms with Crippen LogP contribution in [-0.4, -0.2) is 9.97 Å². The molecule has 0 aliphatic carbocycles. The van der Waals surface area contributed by atoms with Crippen molar-refractivity contribution in [2.75, 3.05) is 9.80 Å². The van der Waals surface area contributed by atoms with Gasteiger partial charge in [-0.05, 0) is 180 Å². The molecule has 96 heavy (non-hydrogen) atoms. The van der Waals surface area contributed by atoms with Crippen LogP contribution >= 0.6 is 0 Å². The molecule has 2 aromatic heterocycles. The van der Waals surface area contributed by atoms with Crippen LogP contribution in [0.15, 0.2) is 349 Å². The molecule has 0 amide bonds. The molecule has 0 N–H and O–H groups in total. The predicted molar refractivity (Wildman–Crippen MR) is 401 cm³/mol. The summed E-state index contributed by atoms with van der Waals surface area (Å²) < 4.78 is 13.3. The van der Waals surface area contributed by atoms with Gasteiger partial charge in [-0.3, -0.25) is 0 Å². The Hall–Kier alpha value is -12.9. The molecule has 0 fully saturated rings. The highest BCUT2D eigenvalue weighted by atomic mass is 16.4. The van der Waals surface area contributed by atoms with Crippen LogP contribution in [0.3, 0.4) is 0 Å². The first kappa shape index (κ1) is 54.8. The maximum atomic E-state index is 6.80. The van der Waals surface area contributed by atoms with Crippen molar-refractivity contribution in [2.45, 2.75) is 0 Å². The van der Waals surface area contributed by atoms with Gasteiger partial charge in [0.05, 0.1) is 11.4 Å². The summed E-state index contributed by atoms with van der Waals surface area (Å²) in [6.45, 7) is 0. The summed E-state index contributed by atoms with van der Waals surface area (Å²) in [7, 11) is 0. The lowest BCUT2D eigenvalue weighted by Crippen LogP contribution is -2.10. The summed E-state index contributed by atoms with van der Waals surface area (Å²) >= 11 is 0. The van der Waals surface area contributed by atoms with Gasteiger partial charge < -0.3 is 18.6 Å². The number of anilines is 6. The molecule has 0 saturated heterocycles. The first-order valence-electron chi connectivity index (χ1n) is 32.6. The number of benzene rings is 17. The minimum absolute atomic E-state index is 0.592. The van der Waals surface area contributed by atoms with E-state index < -0.39 is 0 Å². The van der Waals surface area contributed by atoms with E-state index in [4.69, 9.17) is 18.8 Å². The average molecular weight is 1230 g/mol. The first-order valence-corrected chi connectivity index (χ1v) is 32.6. The number of para-hydroxylation sites is 1. The number of hydrogen-bond acceptors (Lipinski definition) is 6. The van der Waals surface area contributed by atoms with E-state index in [0.717, 1.165) is 155 Å². The molecular weight excluding hydrogens is 1170 g/mol. The number of nitrogens with zero attached hydrogens (tertiary/aromatic N) is 4. The molecular formula is C90H56N4O2. The molecule has 2 heterocycles. The Morgan fingerprint density at radius 1 is 0.198 bits per heavy atom. The minimum Gasteiger partial charge on any atom is -0.435 e. The zero-order chi connectivity index (χ0) is 63.2. The van der Waals surface area contributed by atoms with E-state index in [2.05, 4.69) is 319 Å². The third kappa shape index (κ3) is 9.26. The maximum Gasteiger partial charge on any atom is 0.227 e. The van der Waals surface area contributed by atoms with Crippen LogP contribution in [0.25, 0.3) is 154 Å². The van der Waals surface area contributed by atoms with Crippen molar-refractivity contribution in [1.82, 2.24) is 9.97 Å². The molecule has 0 bridgehead atoms. The van der Waals surface area contributed by atoms with Gasteiger partial charge >= 0.3 is 0 Å². The summed E-state index contributed by atoms with van der Waals surface area (Å²) in [4.78, 5) is 15.1. The molecule has 17 aromatic carbocycles. The van der Waals surface area contributed by atoms with Crippen LogP contribution in [0.2, 0.25) is 0 Å². The van der Waals surface area contributed by atoms with Crippen LogP contribution in [0.4, 0.5) is 34.1 Å². The highest BCUT2D eigenvalue weighted by molar-refractivity contribution is 6.25. The van der Waals surface area contributed by atoms with Crippen molar-refractivity contribution < 1.29 is 8.83 Å². The molecule has 19 aromatic rings. The Morgan fingerprint density at radius 2 is 0.552 bits per heavy atom. The van der Waals surface area contributed by atoms with Crippen molar-refractivity contribution >= 4 is 132 Å². The second-order valence-corrected chi connectivity index (χ2v) is 24.8.